The molecule has 2 aromatic carbocycles. The first kappa shape index (κ1) is 21.6. The third-order valence-electron chi connectivity index (χ3n) is 4.52. The summed E-state index contributed by atoms with van der Waals surface area (Å²) in [5.74, 6) is -3.13. The number of aromatic nitrogens is 1. The highest BCUT2D eigenvalue weighted by Gasteiger charge is 2.31. The van der Waals surface area contributed by atoms with Gasteiger partial charge in [-0.1, -0.05) is 0 Å². The number of carbonyl (C=O) groups excluding carboxylic acids is 2. The van der Waals surface area contributed by atoms with Crippen LogP contribution in [0.15, 0.2) is 40.8 Å². The lowest BCUT2D eigenvalue weighted by Crippen LogP contribution is -2.39. The third-order valence-corrected chi connectivity index (χ3v) is 4.52. The molecule has 0 bridgehead atoms. The lowest BCUT2D eigenvalue weighted by molar-refractivity contribution is -0.274. The molecule has 1 unspecified atom stereocenters. The van der Waals surface area contributed by atoms with E-state index in [1.54, 1.807) is 0 Å². The Morgan fingerprint density at radius 1 is 1.16 bits per heavy atom. The van der Waals surface area contributed by atoms with Crippen LogP contribution in [0, 0.1) is 5.82 Å². The summed E-state index contributed by atoms with van der Waals surface area (Å²) in [7, 11) is 0. The molecule has 32 heavy (non-hydrogen) atoms. The molecule has 0 aliphatic carbocycles. The van der Waals surface area contributed by atoms with E-state index in [-0.39, 0.29) is 35.0 Å². The minimum absolute atomic E-state index is 0.0471. The number of alkyl halides is 3. The zero-order valence-corrected chi connectivity index (χ0v) is 16.2. The molecule has 0 spiro atoms. The van der Waals surface area contributed by atoms with E-state index in [1.165, 1.54) is 12.1 Å². The Balaban J connectivity index is 1.50. The van der Waals surface area contributed by atoms with Crippen LogP contribution in [0.5, 0.6) is 5.75 Å². The number of nitrogens with zero attached hydrogens (tertiary/aromatic N) is 1. The molecule has 2 N–H and O–H groups in total. The SMILES string of the molecule is O=C(Nc1ccc(OC(F)(F)F)cc1)c1nc2cc(F)cc(C(=O)NCC3CCO3)c2o1. The Morgan fingerprint density at radius 3 is 2.50 bits per heavy atom. The summed E-state index contributed by atoms with van der Waals surface area (Å²) in [4.78, 5) is 28.8. The number of carbonyl (C=O) groups is 2. The van der Waals surface area contributed by atoms with Crippen molar-refractivity contribution in [2.24, 2.45) is 0 Å². The Hall–Kier alpha value is -3.67. The fraction of sp³-hybridized carbons (Fsp3) is 0.250. The van der Waals surface area contributed by atoms with Crippen LogP contribution in [0.2, 0.25) is 0 Å². The van der Waals surface area contributed by atoms with Crippen LogP contribution in [0.3, 0.4) is 0 Å². The van der Waals surface area contributed by atoms with Gasteiger partial charge in [0.25, 0.3) is 11.8 Å². The predicted octanol–water partition coefficient (Wildman–Crippen LogP) is 3.64. The topological polar surface area (TPSA) is 103 Å². The Bertz CT molecular complexity index is 1160. The van der Waals surface area contributed by atoms with E-state index in [1.807, 2.05) is 0 Å². The Morgan fingerprint density at radius 2 is 1.88 bits per heavy atom. The Kier molecular flexibility index (Phi) is 5.70. The molecule has 0 saturated carbocycles. The monoisotopic (exact) mass is 453 g/mol. The van der Waals surface area contributed by atoms with Crippen molar-refractivity contribution < 1.29 is 41.0 Å². The van der Waals surface area contributed by atoms with E-state index >= 15 is 0 Å². The first-order chi connectivity index (χ1) is 15.2. The fourth-order valence-electron chi connectivity index (χ4n) is 2.94. The minimum atomic E-state index is -4.84. The average Bonchev–Trinajstić information content (AvgIpc) is 3.10. The first-order valence-electron chi connectivity index (χ1n) is 9.35. The normalized spacial score (nSPS) is 15.8. The second-order valence-electron chi connectivity index (χ2n) is 6.84. The van der Waals surface area contributed by atoms with Crippen LogP contribution < -0.4 is 15.4 Å². The molecular weight excluding hydrogens is 438 g/mol. The van der Waals surface area contributed by atoms with Crippen LogP contribution in [-0.4, -0.2) is 42.4 Å². The molecule has 2 heterocycles. The van der Waals surface area contributed by atoms with Gasteiger partial charge in [-0.3, -0.25) is 9.59 Å². The summed E-state index contributed by atoms with van der Waals surface area (Å²) in [6, 6.07) is 6.36. The van der Waals surface area contributed by atoms with Gasteiger partial charge >= 0.3 is 12.3 Å². The summed E-state index contributed by atoms with van der Waals surface area (Å²) in [5.41, 5.74) is -0.137. The number of hydrogen-bond acceptors (Lipinski definition) is 6. The minimum Gasteiger partial charge on any atom is -0.431 e. The maximum absolute atomic E-state index is 14.0. The van der Waals surface area contributed by atoms with Crippen molar-refractivity contribution in [3.8, 4) is 5.75 Å². The van der Waals surface area contributed by atoms with Gasteiger partial charge < -0.3 is 24.5 Å². The highest BCUT2D eigenvalue weighted by atomic mass is 19.4. The van der Waals surface area contributed by atoms with Crippen LogP contribution in [0.25, 0.3) is 11.1 Å². The quantitative estimate of drug-likeness (QED) is 0.553. The van der Waals surface area contributed by atoms with Crippen LogP contribution >= 0.6 is 0 Å². The van der Waals surface area contributed by atoms with Gasteiger partial charge in [0.15, 0.2) is 5.58 Å². The summed E-state index contributed by atoms with van der Waals surface area (Å²) < 4.78 is 65.0. The average molecular weight is 453 g/mol. The van der Waals surface area contributed by atoms with Gasteiger partial charge in [0, 0.05) is 24.9 Å². The molecule has 4 rings (SSSR count). The largest absolute Gasteiger partial charge is 0.573 e. The fourth-order valence-corrected chi connectivity index (χ4v) is 2.94. The number of hydrogen-bond donors (Lipinski definition) is 2. The van der Waals surface area contributed by atoms with Gasteiger partial charge in [0.05, 0.1) is 11.7 Å². The molecule has 1 saturated heterocycles. The second kappa shape index (κ2) is 8.46. The van der Waals surface area contributed by atoms with Gasteiger partial charge in [-0.05, 0) is 36.8 Å². The zero-order chi connectivity index (χ0) is 22.9. The van der Waals surface area contributed by atoms with Crippen LogP contribution in [-0.2, 0) is 4.74 Å². The Labute approximate surface area is 177 Å². The van der Waals surface area contributed by atoms with Crippen molar-refractivity contribution in [1.82, 2.24) is 10.3 Å². The molecule has 1 fully saturated rings. The van der Waals surface area contributed by atoms with Crippen molar-refractivity contribution in [1.29, 1.82) is 0 Å². The van der Waals surface area contributed by atoms with E-state index in [0.29, 0.717) is 6.61 Å². The second-order valence-corrected chi connectivity index (χ2v) is 6.84. The molecule has 2 amide bonds. The summed E-state index contributed by atoms with van der Waals surface area (Å²) in [6.45, 7) is 0.857. The van der Waals surface area contributed by atoms with E-state index in [9.17, 15) is 27.2 Å². The highest BCUT2D eigenvalue weighted by molar-refractivity contribution is 6.07. The molecule has 8 nitrogen and oxygen atoms in total. The molecule has 1 aliphatic rings. The number of amides is 2. The molecule has 0 radical (unpaired) electrons. The third kappa shape index (κ3) is 4.97. The number of rotatable bonds is 6. The lowest BCUT2D eigenvalue weighted by atomic mass is 10.1. The molecule has 1 atom stereocenters. The summed E-state index contributed by atoms with van der Waals surface area (Å²) >= 11 is 0. The molecule has 12 heteroatoms. The van der Waals surface area contributed by atoms with E-state index in [4.69, 9.17) is 9.15 Å². The van der Waals surface area contributed by atoms with E-state index in [0.717, 1.165) is 30.7 Å². The summed E-state index contributed by atoms with van der Waals surface area (Å²) in [6.07, 6.45) is -4.14. The first-order valence-corrected chi connectivity index (χ1v) is 9.35. The number of halogens is 4. The van der Waals surface area contributed by atoms with E-state index in [2.05, 4.69) is 20.4 Å². The van der Waals surface area contributed by atoms with Crippen molar-refractivity contribution in [2.45, 2.75) is 18.9 Å². The molecule has 1 aromatic heterocycles. The van der Waals surface area contributed by atoms with Gasteiger partial charge in [-0.15, -0.1) is 13.2 Å². The molecular formula is C20H15F4N3O5. The van der Waals surface area contributed by atoms with Crippen molar-refractivity contribution in [3.05, 3.63) is 53.7 Å². The van der Waals surface area contributed by atoms with Gasteiger partial charge in [-0.25, -0.2) is 9.37 Å². The molecule has 168 valence electrons. The smallest absolute Gasteiger partial charge is 0.431 e. The molecule has 1 aliphatic heterocycles. The highest BCUT2D eigenvalue weighted by Crippen LogP contribution is 2.25. The lowest BCUT2D eigenvalue weighted by Gasteiger charge is -2.26. The summed E-state index contributed by atoms with van der Waals surface area (Å²) in [5, 5.41) is 4.99. The maximum atomic E-state index is 14.0. The maximum Gasteiger partial charge on any atom is 0.573 e. The number of oxazole rings is 1. The van der Waals surface area contributed by atoms with Crippen molar-refractivity contribution >= 4 is 28.6 Å². The van der Waals surface area contributed by atoms with E-state index < -0.39 is 35.6 Å². The van der Waals surface area contributed by atoms with Crippen LogP contribution in [0.4, 0.5) is 23.2 Å². The van der Waals surface area contributed by atoms with Gasteiger partial charge in [0.1, 0.15) is 17.1 Å². The van der Waals surface area contributed by atoms with Crippen LogP contribution in [0.1, 0.15) is 27.5 Å². The number of fused-ring (bicyclic) bond motifs is 1. The standard InChI is InChI=1S/C20H15F4N3O5/c21-10-7-14(17(28)25-9-13-5-6-30-13)16-15(8-10)27-19(31-16)18(29)26-11-1-3-12(4-2-11)32-20(22,23)24/h1-4,7-8,13H,5-6,9H2,(H,25,28)(H,26,29). The number of anilines is 1. The zero-order valence-electron chi connectivity index (χ0n) is 16.2. The molecule has 3 aromatic rings. The predicted molar refractivity (Wildman–Crippen MR) is 102 cm³/mol. The number of ether oxygens (including phenoxy) is 2. The van der Waals surface area contributed by atoms with Gasteiger partial charge in [0.2, 0.25) is 0 Å². The van der Waals surface area contributed by atoms with Crippen molar-refractivity contribution in [2.75, 3.05) is 18.5 Å². The number of benzene rings is 2. The number of nitrogens with one attached hydrogen (secondary N) is 2. The van der Waals surface area contributed by atoms with Gasteiger partial charge in [-0.2, -0.15) is 0 Å². The van der Waals surface area contributed by atoms with Crippen molar-refractivity contribution in [3.63, 3.8) is 0 Å².